The van der Waals surface area contributed by atoms with Crippen molar-refractivity contribution in [1.29, 1.82) is 0 Å². The normalized spacial score (nSPS) is 19.0. The Balaban J connectivity index is 0. The van der Waals surface area contributed by atoms with Crippen molar-refractivity contribution in [2.45, 2.75) is 24.4 Å². The summed E-state index contributed by atoms with van der Waals surface area (Å²) >= 11 is -6.14. The van der Waals surface area contributed by atoms with Crippen molar-refractivity contribution in [3.05, 3.63) is 0 Å². The Morgan fingerprint density at radius 3 is 1.82 bits per heavy atom. The Kier molecular flexibility index (Phi) is 11.2. The van der Waals surface area contributed by atoms with Gasteiger partial charge in [-0.1, -0.05) is 0 Å². The summed E-state index contributed by atoms with van der Waals surface area (Å²) in [5, 5.41) is 44.6. The molecule has 0 radical (unpaired) electrons. The SMILES string of the molecule is [Na+].[O]=[Sb]([O-])([O-])[O]C[C@@H](O)[C@@H](O)[C@H](O)[C@H](O)CO. The molecule has 0 saturated heterocycles. The van der Waals surface area contributed by atoms with Crippen molar-refractivity contribution < 1.29 is 67.9 Å². The predicted octanol–water partition coefficient (Wildman–Crippen LogP) is -8.97. The van der Waals surface area contributed by atoms with Gasteiger partial charge in [0.05, 0.1) is 0 Å². The topological polar surface area (TPSA) is 174 Å². The fourth-order valence-corrected chi connectivity index (χ4v) is 1.79. The number of aliphatic hydroxyl groups is 5. The second kappa shape index (κ2) is 9.24. The molecule has 11 heteroatoms. The molecule has 0 aromatic carbocycles. The van der Waals surface area contributed by atoms with Gasteiger partial charge in [-0.25, -0.2) is 0 Å². The van der Waals surface area contributed by atoms with Crippen LogP contribution in [0.5, 0.6) is 0 Å². The summed E-state index contributed by atoms with van der Waals surface area (Å²) in [7, 11) is 0. The van der Waals surface area contributed by atoms with Gasteiger partial charge in [0, 0.05) is 0 Å². The van der Waals surface area contributed by atoms with Gasteiger partial charge in [-0.15, -0.1) is 0 Å². The van der Waals surface area contributed by atoms with E-state index in [1.54, 1.807) is 0 Å². The molecule has 0 unspecified atom stereocenters. The molecule has 17 heavy (non-hydrogen) atoms. The summed E-state index contributed by atoms with van der Waals surface area (Å²) in [5.74, 6) is 0. The molecule has 0 rings (SSSR count). The zero-order chi connectivity index (χ0) is 12.9. The summed E-state index contributed by atoms with van der Waals surface area (Å²) in [6.45, 7) is -1.88. The minimum atomic E-state index is -6.14. The number of hydrogen-bond donors (Lipinski definition) is 5. The molecule has 0 aromatic heterocycles. The molecule has 0 bridgehead atoms. The van der Waals surface area contributed by atoms with Crippen LogP contribution in [0.15, 0.2) is 0 Å². The van der Waals surface area contributed by atoms with Crippen LogP contribution in [0.2, 0.25) is 0 Å². The Bertz CT molecular complexity index is 246. The third-order valence-corrected chi connectivity index (χ3v) is 3.06. The van der Waals surface area contributed by atoms with Crippen LogP contribution in [-0.2, 0) is 6.03 Å². The van der Waals surface area contributed by atoms with Crippen LogP contribution in [0, 0.1) is 0 Å². The van der Waals surface area contributed by atoms with E-state index in [0.29, 0.717) is 0 Å². The van der Waals surface area contributed by atoms with Gasteiger partial charge in [-0.2, -0.15) is 0 Å². The van der Waals surface area contributed by atoms with Gasteiger partial charge in [0.1, 0.15) is 0 Å². The van der Waals surface area contributed by atoms with E-state index in [4.69, 9.17) is 25.5 Å². The molecule has 0 aliphatic rings. The van der Waals surface area contributed by atoms with Gasteiger partial charge in [0.2, 0.25) is 0 Å². The van der Waals surface area contributed by atoms with Crippen LogP contribution < -0.4 is 36.3 Å². The number of hydrogen-bond acceptors (Lipinski definition) is 9. The molecule has 0 amide bonds. The minimum absolute atomic E-state index is 0. The first-order valence-electron chi connectivity index (χ1n) is 4.18. The van der Waals surface area contributed by atoms with E-state index >= 15 is 0 Å². The molecule has 4 atom stereocenters. The van der Waals surface area contributed by atoms with E-state index in [2.05, 4.69) is 3.02 Å². The van der Waals surface area contributed by atoms with Crippen LogP contribution >= 0.6 is 0 Å². The standard InChI is InChI=1S/C6H13O6.Na.3O.Sb/c7-1-3(9)5(11)6(12)4(10)2-8;;;;;/h3-7,9-12H,1-2H2;;;;;/q-1;+1;;2*-1;+1/t3-,4-,5-,6-;;;;;/m1...../s1. The third-order valence-electron chi connectivity index (χ3n) is 1.73. The molecule has 0 spiro atoms. The van der Waals surface area contributed by atoms with Crippen LogP contribution in [-0.4, -0.2) is 83.2 Å². The summed E-state index contributed by atoms with van der Waals surface area (Å²) in [6.07, 6.45) is -7.42. The second-order valence-electron chi connectivity index (χ2n) is 3.04. The van der Waals surface area contributed by atoms with Crippen molar-refractivity contribution >= 4 is 20.1 Å². The molecule has 5 N–H and O–H groups in total. The molecule has 98 valence electrons. The van der Waals surface area contributed by atoms with Crippen LogP contribution in [0.4, 0.5) is 0 Å². The molecule has 0 aliphatic heterocycles. The molecular formula is C6H13NaO9Sb-. The van der Waals surface area contributed by atoms with Gasteiger partial charge in [-0.05, 0) is 0 Å². The zero-order valence-corrected chi connectivity index (χ0v) is 13.6. The van der Waals surface area contributed by atoms with Crippen LogP contribution in [0.3, 0.4) is 0 Å². The third kappa shape index (κ3) is 8.92. The Morgan fingerprint density at radius 2 is 1.47 bits per heavy atom. The Morgan fingerprint density at radius 1 is 1.06 bits per heavy atom. The fraction of sp³-hybridized carbons (Fsp3) is 1.00. The van der Waals surface area contributed by atoms with Gasteiger partial charge >= 0.3 is 126 Å². The van der Waals surface area contributed by atoms with E-state index in [1.807, 2.05) is 0 Å². The van der Waals surface area contributed by atoms with Crippen molar-refractivity contribution in [2.24, 2.45) is 0 Å². The van der Waals surface area contributed by atoms with Gasteiger partial charge in [-0.3, -0.25) is 0 Å². The van der Waals surface area contributed by atoms with E-state index in [-0.39, 0.29) is 29.6 Å². The maximum absolute atomic E-state index is 10.1. The van der Waals surface area contributed by atoms with E-state index in [1.165, 1.54) is 0 Å². The first kappa shape index (κ1) is 20.6. The van der Waals surface area contributed by atoms with Gasteiger partial charge < -0.3 is 0 Å². The molecule has 0 aliphatic carbocycles. The summed E-state index contributed by atoms with van der Waals surface area (Å²) in [4.78, 5) is 0. The summed E-state index contributed by atoms with van der Waals surface area (Å²) in [6, 6.07) is 0. The first-order chi connectivity index (χ1) is 7.19. The molecule has 0 saturated carbocycles. The van der Waals surface area contributed by atoms with E-state index in [0.717, 1.165) is 0 Å². The van der Waals surface area contributed by atoms with Crippen LogP contribution in [0.1, 0.15) is 0 Å². The monoisotopic (exact) mass is 373 g/mol. The van der Waals surface area contributed by atoms with Crippen molar-refractivity contribution in [2.75, 3.05) is 13.2 Å². The maximum atomic E-state index is 10.1. The Hall–Kier alpha value is 1.30. The average Bonchev–Trinajstić information content (AvgIpc) is 2.21. The average molecular weight is 374 g/mol. The quantitative estimate of drug-likeness (QED) is 0.271. The van der Waals surface area contributed by atoms with Gasteiger partial charge in [0.25, 0.3) is 0 Å². The first-order valence-corrected chi connectivity index (χ1v) is 8.35. The number of aliphatic hydroxyl groups excluding tert-OH is 5. The van der Waals surface area contributed by atoms with Gasteiger partial charge in [0.15, 0.2) is 0 Å². The molecule has 0 aromatic rings. The van der Waals surface area contributed by atoms with E-state index in [9.17, 15) is 9.79 Å². The van der Waals surface area contributed by atoms with Crippen molar-refractivity contribution in [3.63, 3.8) is 0 Å². The van der Waals surface area contributed by atoms with E-state index < -0.39 is 57.7 Å². The fourth-order valence-electron chi connectivity index (χ4n) is 0.829. The van der Waals surface area contributed by atoms with Crippen LogP contribution in [0.25, 0.3) is 0 Å². The van der Waals surface area contributed by atoms with Crippen molar-refractivity contribution in [1.82, 2.24) is 0 Å². The molecule has 0 fully saturated rings. The molecule has 9 nitrogen and oxygen atoms in total. The Labute approximate surface area is 125 Å². The second-order valence-corrected chi connectivity index (χ2v) is 6.33. The molecule has 0 heterocycles. The molecular weight excluding hydrogens is 361 g/mol. The summed E-state index contributed by atoms with van der Waals surface area (Å²) < 4.78 is 34.1. The zero-order valence-electron chi connectivity index (χ0n) is 9.04. The summed E-state index contributed by atoms with van der Waals surface area (Å²) in [5.41, 5.74) is 0. The predicted molar refractivity (Wildman–Crippen MR) is 43.5 cm³/mol. The number of rotatable bonds is 7. The van der Waals surface area contributed by atoms with Crippen molar-refractivity contribution in [3.8, 4) is 0 Å².